The zero-order valence-electron chi connectivity index (χ0n) is 15.5. The number of hydrogen-bond acceptors (Lipinski definition) is 6. The van der Waals surface area contributed by atoms with Crippen molar-refractivity contribution in [2.45, 2.75) is 38.4 Å². The van der Waals surface area contributed by atoms with Crippen molar-refractivity contribution in [1.29, 1.82) is 0 Å². The van der Waals surface area contributed by atoms with Gasteiger partial charge in [0.05, 0.1) is 5.56 Å². The van der Waals surface area contributed by atoms with Gasteiger partial charge in [-0.1, -0.05) is 12.1 Å². The first kappa shape index (κ1) is 18.8. The molecule has 2 aliphatic rings. The largest absolute Gasteiger partial charge is 0.416 e. The first-order valence-corrected chi connectivity index (χ1v) is 9.65. The summed E-state index contributed by atoms with van der Waals surface area (Å²) in [6.07, 6.45) is 0.0833. The predicted molar refractivity (Wildman–Crippen MR) is 101 cm³/mol. The summed E-state index contributed by atoms with van der Waals surface area (Å²) in [6, 6.07) is 5.30. The summed E-state index contributed by atoms with van der Waals surface area (Å²) < 4.78 is 38.8. The van der Waals surface area contributed by atoms with E-state index in [-0.39, 0.29) is 6.54 Å². The molecule has 9 heteroatoms. The molecule has 0 radical (unpaired) electrons. The maximum absolute atomic E-state index is 12.9. The number of anilines is 3. The van der Waals surface area contributed by atoms with Crippen LogP contribution in [-0.4, -0.2) is 41.1 Å². The maximum Gasteiger partial charge on any atom is 0.416 e. The number of hydrogen-bond donors (Lipinski definition) is 1. The second-order valence-electron chi connectivity index (χ2n) is 7.20. The molecule has 0 aliphatic carbocycles. The summed E-state index contributed by atoms with van der Waals surface area (Å²) in [7, 11) is 0. The fourth-order valence-corrected chi connectivity index (χ4v) is 3.59. The minimum atomic E-state index is -4.35. The van der Waals surface area contributed by atoms with Gasteiger partial charge in [-0.25, -0.2) is 0 Å². The van der Waals surface area contributed by atoms with E-state index in [0.717, 1.165) is 64.0 Å². The Labute approximate surface area is 161 Å². The highest BCUT2D eigenvalue weighted by atomic mass is 19.4. The molecule has 2 fully saturated rings. The van der Waals surface area contributed by atoms with Gasteiger partial charge in [0.25, 0.3) is 0 Å². The van der Waals surface area contributed by atoms with E-state index in [9.17, 15) is 13.2 Å². The average Bonchev–Trinajstić information content (AvgIpc) is 3.39. The van der Waals surface area contributed by atoms with Crippen LogP contribution in [0.3, 0.4) is 0 Å². The van der Waals surface area contributed by atoms with E-state index < -0.39 is 11.7 Å². The highest BCUT2D eigenvalue weighted by Gasteiger charge is 2.30. The minimum absolute atomic E-state index is 0.215. The van der Waals surface area contributed by atoms with Gasteiger partial charge in [0.15, 0.2) is 0 Å². The maximum atomic E-state index is 12.9. The molecule has 3 heterocycles. The van der Waals surface area contributed by atoms with Crippen LogP contribution in [0.4, 0.5) is 31.0 Å². The fraction of sp³-hybridized carbons (Fsp3) is 0.526. The van der Waals surface area contributed by atoms with Crippen LogP contribution in [0.2, 0.25) is 0 Å². The van der Waals surface area contributed by atoms with Crippen LogP contribution in [0.1, 0.15) is 36.8 Å². The monoisotopic (exact) mass is 392 g/mol. The molecule has 28 heavy (non-hydrogen) atoms. The summed E-state index contributed by atoms with van der Waals surface area (Å²) in [6.45, 7) is 3.87. The van der Waals surface area contributed by atoms with Crippen LogP contribution in [-0.2, 0) is 12.7 Å². The molecule has 6 nitrogen and oxygen atoms in total. The third-order valence-corrected chi connectivity index (χ3v) is 5.09. The smallest absolute Gasteiger partial charge is 0.350 e. The SMILES string of the molecule is FC(F)(F)c1cccc(CNc2nc(N3CCCC3)nc(N3CCCC3)n2)c1. The van der Waals surface area contributed by atoms with Crippen LogP contribution in [0.15, 0.2) is 24.3 Å². The molecule has 0 amide bonds. The third kappa shape index (κ3) is 4.28. The molecule has 0 unspecified atom stereocenters. The Bertz CT molecular complexity index is 779. The van der Waals surface area contributed by atoms with E-state index in [1.807, 2.05) is 0 Å². The van der Waals surface area contributed by atoms with E-state index in [2.05, 4.69) is 30.1 Å². The lowest BCUT2D eigenvalue weighted by atomic mass is 10.1. The van der Waals surface area contributed by atoms with Crippen molar-refractivity contribution >= 4 is 17.8 Å². The van der Waals surface area contributed by atoms with Crippen molar-refractivity contribution in [3.05, 3.63) is 35.4 Å². The Kier molecular flexibility index (Phi) is 5.23. The van der Waals surface area contributed by atoms with Crippen molar-refractivity contribution < 1.29 is 13.2 Å². The molecule has 2 saturated heterocycles. The van der Waals surface area contributed by atoms with Crippen molar-refractivity contribution in [2.24, 2.45) is 0 Å². The van der Waals surface area contributed by atoms with Gasteiger partial charge in [-0.3, -0.25) is 0 Å². The van der Waals surface area contributed by atoms with E-state index in [1.165, 1.54) is 6.07 Å². The minimum Gasteiger partial charge on any atom is -0.350 e. The van der Waals surface area contributed by atoms with Gasteiger partial charge in [-0.2, -0.15) is 28.1 Å². The molecule has 1 aromatic heterocycles. The first-order chi connectivity index (χ1) is 13.5. The summed E-state index contributed by atoms with van der Waals surface area (Å²) in [4.78, 5) is 17.9. The lowest BCUT2D eigenvalue weighted by molar-refractivity contribution is -0.137. The third-order valence-electron chi connectivity index (χ3n) is 5.09. The molecule has 4 rings (SSSR count). The Hall–Kier alpha value is -2.58. The second-order valence-corrected chi connectivity index (χ2v) is 7.20. The van der Waals surface area contributed by atoms with E-state index >= 15 is 0 Å². The van der Waals surface area contributed by atoms with Crippen molar-refractivity contribution in [3.8, 4) is 0 Å². The molecule has 1 aromatic carbocycles. The molecule has 0 saturated carbocycles. The zero-order valence-corrected chi connectivity index (χ0v) is 15.5. The molecule has 1 N–H and O–H groups in total. The number of nitrogens with zero attached hydrogens (tertiary/aromatic N) is 5. The quantitative estimate of drug-likeness (QED) is 0.837. The highest BCUT2D eigenvalue weighted by molar-refractivity contribution is 5.46. The second kappa shape index (κ2) is 7.81. The lowest BCUT2D eigenvalue weighted by Crippen LogP contribution is -2.26. The van der Waals surface area contributed by atoms with Gasteiger partial charge in [-0.05, 0) is 43.4 Å². The topological polar surface area (TPSA) is 57.2 Å². The number of nitrogens with one attached hydrogen (secondary N) is 1. The standard InChI is InChI=1S/C19H23F3N6/c20-19(21,22)15-7-5-6-14(12-15)13-23-16-24-17(27-8-1-2-9-27)26-18(25-16)28-10-3-4-11-28/h5-7,12H,1-4,8-11,13H2,(H,23,24,25,26). The van der Waals surface area contributed by atoms with Gasteiger partial charge in [0, 0.05) is 32.7 Å². The normalized spacial score (nSPS) is 17.4. The van der Waals surface area contributed by atoms with Crippen LogP contribution in [0.5, 0.6) is 0 Å². The lowest BCUT2D eigenvalue weighted by Gasteiger charge is -2.20. The van der Waals surface area contributed by atoms with Crippen molar-refractivity contribution in [1.82, 2.24) is 15.0 Å². The Morgan fingerprint density at radius 2 is 1.43 bits per heavy atom. The molecule has 0 spiro atoms. The fourth-order valence-electron chi connectivity index (χ4n) is 3.59. The molecule has 2 aliphatic heterocycles. The molecular weight excluding hydrogens is 369 g/mol. The van der Waals surface area contributed by atoms with Gasteiger partial charge >= 0.3 is 6.18 Å². The van der Waals surface area contributed by atoms with Crippen LogP contribution >= 0.6 is 0 Å². The number of aromatic nitrogens is 3. The van der Waals surface area contributed by atoms with E-state index in [4.69, 9.17) is 0 Å². The Morgan fingerprint density at radius 1 is 0.857 bits per heavy atom. The Morgan fingerprint density at radius 3 is 1.96 bits per heavy atom. The van der Waals surface area contributed by atoms with Crippen LogP contribution < -0.4 is 15.1 Å². The molecule has 0 atom stereocenters. The van der Waals surface area contributed by atoms with E-state index in [0.29, 0.717) is 23.4 Å². The van der Waals surface area contributed by atoms with Gasteiger partial charge in [0.2, 0.25) is 17.8 Å². The number of benzene rings is 1. The summed E-state index contributed by atoms with van der Waals surface area (Å²) >= 11 is 0. The Balaban J connectivity index is 1.54. The van der Waals surface area contributed by atoms with Crippen molar-refractivity contribution in [3.63, 3.8) is 0 Å². The van der Waals surface area contributed by atoms with Crippen LogP contribution in [0.25, 0.3) is 0 Å². The average molecular weight is 392 g/mol. The van der Waals surface area contributed by atoms with E-state index in [1.54, 1.807) is 6.07 Å². The van der Waals surface area contributed by atoms with Crippen LogP contribution in [0, 0.1) is 0 Å². The molecule has 2 aromatic rings. The molecular formula is C19H23F3N6. The molecule has 0 bridgehead atoms. The van der Waals surface area contributed by atoms with Crippen molar-refractivity contribution in [2.75, 3.05) is 41.3 Å². The summed E-state index contributed by atoms with van der Waals surface area (Å²) in [5.74, 6) is 1.68. The predicted octanol–water partition coefficient (Wildman–Crippen LogP) is 3.70. The van der Waals surface area contributed by atoms with Gasteiger partial charge in [-0.15, -0.1) is 0 Å². The highest BCUT2D eigenvalue weighted by Crippen LogP contribution is 2.30. The first-order valence-electron chi connectivity index (χ1n) is 9.65. The zero-order chi connectivity index (χ0) is 19.6. The van der Waals surface area contributed by atoms with Gasteiger partial charge < -0.3 is 15.1 Å². The summed E-state index contributed by atoms with van der Waals surface area (Å²) in [5.41, 5.74) is -0.126. The number of halogens is 3. The molecule has 150 valence electrons. The number of alkyl halides is 3. The summed E-state index contributed by atoms with van der Waals surface area (Å²) in [5, 5.41) is 3.08. The van der Waals surface area contributed by atoms with Gasteiger partial charge in [0.1, 0.15) is 0 Å². The number of rotatable bonds is 5.